The van der Waals surface area contributed by atoms with Gasteiger partial charge in [-0.25, -0.2) is 0 Å². The molecule has 180 valence electrons. The van der Waals surface area contributed by atoms with Crippen LogP contribution in [0.25, 0.3) is 11.3 Å². The van der Waals surface area contributed by atoms with E-state index in [1.807, 2.05) is 13.8 Å². The number of benzene rings is 2. The fourth-order valence-electron chi connectivity index (χ4n) is 3.39. The summed E-state index contributed by atoms with van der Waals surface area (Å²) >= 11 is 0. The molecule has 3 aromatic rings. The average Bonchev–Trinajstić information content (AvgIpc) is 3.21. The number of hydrogen-bond acceptors (Lipinski definition) is 8. The SMILES string of the molecule is CCNC(=O)c1noc(-c2cc(C(C)C)c(O)cc2O)c1NC(=O)c1ccc(OC)c(OC)c1. The van der Waals surface area contributed by atoms with Gasteiger partial charge in [0.25, 0.3) is 11.8 Å². The second kappa shape index (κ2) is 10.2. The van der Waals surface area contributed by atoms with E-state index in [0.717, 1.165) is 0 Å². The van der Waals surface area contributed by atoms with Crippen LogP contribution in [-0.2, 0) is 0 Å². The highest BCUT2D eigenvalue weighted by atomic mass is 16.5. The number of hydrogen-bond donors (Lipinski definition) is 4. The number of rotatable bonds is 8. The van der Waals surface area contributed by atoms with Crippen LogP contribution in [0, 0.1) is 0 Å². The third-order valence-corrected chi connectivity index (χ3v) is 5.14. The Morgan fingerprint density at radius 2 is 1.74 bits per heavy atom. The van der Waals surface area contributed by atoms with Crippen LogP contribution >= 0.6 is 0 Å². The van der Waals surface area contributed by atoms with Crippen molar-refractivity contribution in [2.75, 3.05) is 26.1 Å². The quantitative estimate of drug-likeness (QED) is 0.389. The van der Waals surface area contributed by atoms with Gasteiger partial charge >= 0.3 is 0 Å². The number of nitrogens with one attached hydrogen (secondary N) is 2. The molecule has 0 fully saturated rings. The number of carbonyl (C=O) groups is 2. The van der Waals surface area contributed by atoms with E-state index in [1.165, 1.54) is 38.5 Å². The summed E-state index contributed by atoms with van der Waals surface area (Å²) in [5.41, 5.74) is 0.739. The molecule has 0 radical (unpaired) electrons. The third kappa shape index (κ3) is 4.75. The Morgan fingerprint density at radius 3 is 2.35 bits per heavy atom. The summed E-state index contributed by atoms with van der Waals surface area (Å²) in [7, 11) is 2.93. The molecule has 10 nitrogen and oxygen atoms in total. The minimum atomic E-state index is -0.571. The molecule has 0 bridgehead atoms. The van der Waals surface area contributed by atoms with Gasteiger partial charge in [0, 0.05) is 18.2 Å². The number of amides is 2. The Hall–Kier alpha value is -4.21. The summed E-state index contributed by atoms with van der Waals surface area (Å²) in [6.45, 7) is 5.81. The summed E-state index contributed by atoms with van der Waals surface area (Å²) in [4.78, 5) is 25.7. The molecule has 1 aromatic heterocycles. The van der Waals surface area contributed by atoms with E-state index >= 15 is 0 Å². The highest BCUT2D eigenvalue weighted by Crippen LogP contribution is 2.42. The zero-order valence-corrected chi connectivity index (χ0v) is 19.6. The zero-order valence-electron chi connectivity index (χ0n) is 19.6. The number of nitrogens with zero attached hydrogens (tertiary/aromatic N) is 1. The van der Waals surface area contributed by atoms with Crippen molar-refractivity contribution in [3.8, 4) is 34.3 Å². The second-order valence-corrected chi connectivity index (χ2v) is 7.70. The van der Waals surface area contributed by atoms with E-state index in [4.69, 9.17) is 14.0 Å². The van der Waals surface area contributed by atoms with Crippen LogP contribution in [0.2, 0.25) is 0 Å². The van der Waals surface area contributed by atoms with E-state index in [1.54, 1.807) is 13.0 Å². The molecule has 0 unspecified atom stereocenters. The number of methoxy groups -OCH3 is 2. The van der Waals surface area contributed by atoms with Gasteiger partial charge in [0.2, 0.25) is 0 Å². The van der Waals surface area contributed by atoms with Gasteiger partial charge in [-0.1, -0.05) is 19.0 Å². The molecule has 0 aliphatic rings. The predicted octanol–water partition coefficient (Wildman–Crippen LogP) is 3.90. The normalized spacial score (nSPS) is 10.8. The molecule has 0 aliphatic carbocycles. The number of phenolic OH excluding ortho intramolecular Hbond substituents is 2. The minimum absolute atomic E-state index is 0.0265. The molecule has 2 amide bonds. The largest absolute Gasteiger partial charge is 0.508 e. The molecule has 0 aliphatic heterocycles. The number of anilines is 1. The predicted molar refractivity (Wildman–Crippen MR) is 125 cm³/mol. The van der Waals surface area contributed by atoms with Gasteiger partial charge in [0.05, 0.1) is 19.8 Å². The third-order valence-electron chi connectivity index (χ3n) is 5.14. The lowest BCUT2D eigenvalue weighted by atomic mass is 9.97. The lowest BCUT2D eigenvalue weighted by Gasteiger charge is -2.13. The van der Waals surface area contributed by atoms with Crippen molar-refractivity contribution in [2.24, 2.45) is 0 Å². The molecule has 0 saturated heterocycles. The van der Waals surface area contributed by atoms with Crippen molar-refractivity contribution < 1.29 is 33.8 Å². The van der Waals surface area contributed by atoms with Crippen LogP contribution in [0.4, 0.5) is 5.69 Å². The van der Waals surface area contributed by atoms with Crippen LogP contribution < -0.4 is 20.1 Å². The number of aromatic nitrogens is 1. The summed E-state index contributed by atoms with van der Waals surface area (Å²) in [5, 5.41) is 29.8. The van der Waals surface area contributed by atoms with E-state index in [0.29, 0.717) is 23.6 Å². The summed E-state index contributed by atoms with van der Waals surface area (Å²) in [5.74, 6) is -0.840. The smallest absolute Gasteiger partial charge is 0.275 e. The van der Waals surface area contributed by atoms with Crippen LogP contribution in [0.5, 0.6) is 23.0 Å². The maximum absolute atomic E-state index is 13.1. The van der Waals surface area contributed by atoms with Gasteiger partial charge in [-0.05, 0) is 42.7 Å². The Labute approximate surface area is 196 Å². The molecule has 1 heterocycles. The first kappa shape index (κ1) is 24.4. The number of carbonyl (C=O) groups excluding carboxylic acids is 2. The summed E-state index contributed by atoms with van der Waals surface area (Å²) < 4.78 is 15.9. The van der Waals surface area contributed by atoms with E-state index in [9.17, 15) is 19.8 Å². The van der Waals surface area contributed by atoms with Crippen molar-refractivity contribution >= 4 is 17.5 Å². The number of phenols is 2. The molecule has 3 rings (SSSR count). The maximum Gasteiger partial charge on any atom is 0.275 e. The minimum Gasteiger partial charge on any atom is -0.508 e. The first-order chi connectivity index (χ1) is 16.2. The average molecular weight is 469 g/mol. The zero-order chi connectivity index (χ0) is 25.0. The van der Waals surface area contributed by atoms with Crippen LogP contribution in [0.1, 0.15) is 53.1 Å². The highest BCUT2D eigenvalue weighted by Gasteiger charge is 2.28. The highest BCUT2D eigenvalue weighted by molar-refractivity contribution is 6.11. The lowest BCUT2D eigenvalue weighted by Crippen LogP contribution is -2.25. The number of aromatic hydroxyl groups is 2. The molecule has 0 atom stereocenters. The Balaban J connectivity index is 2.11. The standard InChI is InChI=1S/C24H27N3O7/c1-6-25-24(31)21-20(26-23(30)13-7-8-18(32-4)19(9-13)33-5)22(34-27-21)15-10-14(12(2)3)16(28)11-17(15)29/h7-12,28-29H,6H2,1-5H3,(H,25,31)(H,26,30). The first-order valence-corrected chi connectivity index (χ1v) is 10.6. The van der Waals surface area contributed by atoms with Gasteiger partial charge in [-0.3, -0.25) is 9.59 Å². The first-order valence-electron chi connectivity index (χ1n) is 10.6. The molecule has 34 heavy (non-hydrogen) atoms. The molecule has 4 N–H and O–H groups in total. The van der Waals surface area contributed by atoms with Crippen LogP contribution in [-0.4, -0.2) is 47.9 Å². The van der Waals surface area contributed by atoms with Crippen molar-refractivity contribution in [1.82, 2.24) is 10.5 Å². The van der Waals surface area contributed by atoms with Crippen molar-refractivity contribution in [3.05, 3.63) is 47.2 Å². The van der Waals surface area contributed by atoms with Crippen LogP contribution in [0.3, 0.4) is 0 Å². The van der Waals surface area contributed by atoms with E-state index < -0.39 is 11.8 Å². The number of ether oxygens (including phenoxy) is 2. The summed E-state index contributed by atoms with van der Waals surface area (Å²) in [6.07, 6.45) is 0. The molecular weight excluding hydrogens is 442 g/mol. The molecule has 2 aromatic carbocycles. The monoisotopic (exact) mass is 469 g/mol. The van der Waals surface area contributed by atoms with Crippen molar-refractivity contribution in [1.29, 1.82) is 0 Å². The van der Waals surface area contributed by atoms with Crippen molar-refractivity contribution in [2.45, 2.75) is 26.7 Å². The fraction of sp³-hybridized carbons (Fsp3) is 0.292. The van der Waals surface area contributed by atoms with Crippen LogP contribution in [0.15, 0.2) is 34.9 Å². The van der Waals surface area contributed by atoms with Gasteiger partial charge in [0.15, 0.2) is 23.0 Å². The fourth-order valence-corrected chi connectivity index (χ4v) is 3.39. The van der Waals surface area contributed by atoms with Crippen molar-refractivity contribution in [3.63, 3.8) is 0 Å². The lowest BCUT2D eigenvalue weighted by molar-refractivity contribution is 0.0947. The Morgan fingerprint density at radius 1 is 1.03 bits per heavy atom. The van der Waals surface area contributed by atoms with Gasteiger partial charge in [0.1, 0.15) is 17.2 Å². The Bertz CT molecular complexity index is 1220. The van der Waals surface area contributed by atoms with Gasteiger partial charge in [-0.2, -0.15) is 0 Å². The molecule has 0 saturated carbocycles. The van der Waals surface area contributed by atoms with Gasteiger partial charge in [-0.15, -0.1) is 0 Å². The molecular formula is C24H27N3O7. The summed E-state index contributed by atoms with van der Waals surface area (Å²) in [6, 6.07) is 7.31. The van der Waals surface area contributed by atoms with E-state index in [2.05, 4.69) is 15.8 Å². The second-order valence-electron chi connectivity index (χ2n) is 7.70. The topological polar surface area (TPSA) is 143 Å². The molecule has 0 spiro atoms. The van der Waals surface area contributed by atoms with E-state index in [-0.39, 0.29) is 45.7 Å². The molecule has 10 heteroatoms. The Kier molecular flexibility index (Phi) is 7.30. The van der Waals surface area contributed by atoms with Gasteiger partial charge < -0.3 is 34.8 Å². The maximum atomic E-state index is 13.1.